The fourth-order valence-electron chi connectivity index (χ4n) is 2.06. The maximum atomic E-state index is 13.0. The molecule has 2 heterocycles. The quantitative estimate of drug-likeness (QED) is 0.924. The molecule has 0 amide bonds. The molecule has 104 valence electrons. The van der Waals surface area contributed by atoms with Gasteiger partial charge in [-0.05, 0) is 23.8 Å². The van der Waals surface area contributed by atoms with E-state index in [1.54, 1.807) is 18.2 Å². The minimum atomic E-state index is -0.265. The minimum absolute atomic E-state index is 0.265. The molecular formula is C14H15FN4O. The Labute approximate surface area is 116 Å². The molecule has 5 nitrogen and oxygen atoms in total. The van der Waals surface area contributed by atoms with Crippen molar-refractivity contribution in [1.82, 2.24) is 15.5 Å². The lowest BCUT2D eigenvalue weighted by atomic mass is 10.2. The molecule has 0 bridgehead atoms. The van der Waals surface area contributed by atoms with Crippen LogP contribution in [0.15, 0.2) is 28.7 Å². The van der Waals surface area contributed by atoms with Gasteiger partial charge in [0.15, 0.2) is 0 Å². The third kappa shape index (κ3) is 3.03. The highest BCUT2D eigenvalue weighted by Gasteiger charge is 2.15. The second kappa shape index (κ2) is 5.83. The number of nitrogens with one attached hydrogen (secondary N) is 1. The van der Waals surface area contributed by atoms with Crippen molar-refractivity contribution in [1.29, 1.82) is 0 Å². The highest BCUT2D eigenvalue weighted by atomic mass is 19.1. The van der Waals surface area contributed by atoms with E-state index in [4.69, 9.17) is 4.42 Å². The summed E-state index contributed by atoms with van der Waals surface area (Å²) < 4.78 is 18.6. The van der Waals surface area contributed by atoms with Crippen molar-refractivity contribution in [2.45, 2.75) is 0 Å². The van der Waals surface area contributed by atoms with Gasteiger partial charge in [-0.15, -0.1) is 5.10 Å². The molecule has 1 aromatic heterocycles. The fraction of sp³-hybridized carbons (Fsp3) is 0.286. The van der Waals surface area contributed by atoms with E-state index < -0.39 is 0 Å². The summed E-state index contributed by atoms with van der Waals surface area (Å²) in [5, 5.41) is 11.3. The predicted octanol–water partition coefficient (Wildman–Crippen LogP) is 1.79. The van der Waals surface area contributed by atoms with Gasteiger partial charge in [-0.25, -0.2) is 4.39 Å². The van der Waals surface area contributed by atoms with Crippen LogP contribution in [0, 0.1) is 5.82 Å². The molecule has 0 atom stereocenters. The van der Waals surface area contributed by atoms with Crippen LogP contribution in [0.25, 0.3) is 12.2 Å². The van der Waals surface area contributed by atoms with Crippen LogP contribution in [0.1, 0.15) is 11.5 Å². The zero-order chi connectivity index (χ0) is 13.8. The number of rotatable bonds is 3. The molecule has 20 heavy (non-hydrogen) atoms. The van der Waals surface area contributed by atoms with Crippen LogP contribution in [-0.2, 0) is 0 Å². The van der Waals surface area contributed by atoms with E-state index in [-0.39, 0.29) is 5.82 Å². The first-order valence-corrected chi connectivity index (χ1v) is 6.54. The third-order valence-electron chi connectivity index (χ3n) is 3.08. The van der Waals surface area contributed by atoms with E-state index in [9.17, 15) is 4.39 Å². The SMILES string of the molecule is Fc1cccc(/C=C/c2nnc(N3CCNCC3)o2)c1. The summed E-state index contributed by atoms with van der Waals surface area (Å²) in [6.07, 6.45) is 3.44. The van der Waals surface area contributed by atoms with Crippen molar-refractivity contribution in [3.05, 3.63) is 41.5 Å². The third-order valence-corrected chi connectivity index (χ3v) is 3.08. The molecule has 0 radical (unpaired) electrons. The lowest BCUT2D eigenvalue weighted by Crippen LogP contribution is -2.43. The van der Waals surface area contributed by atoms with Crippen LogP contribution < -0.4 is 10.2 Å². The van der Waals surface area contributed by atoms with Crippen LogP contribution >= 0.6 is 0 Å². The molecule has 1 aromatic carbocycles. The topological polar surface area (TPSA) is 54.2 Å². The standard InChI is InChI=1S/C14H15FN4O/c15-12-3-1-2-11(10-12)4-5-13-17-18-14(20-13)19-8-6-16-7-9-19/h1-5,10,16H,6-9H2/b5-4+. The Balaban J connectivity index is 1.70. The molecule has 1 aliphatic rings. The van der Waals surface area contributed by atoms with Gasteiger partial charge < -0.3 is 14.6 Å². The van der Waals surface area contributed by atoms with E-state index in [1.165, 1.54) is 12.1 Å². The molecule has 1 aliphatic heterocycles. The van der Waals surface area contributed by atoms with Crippen molar-refractivity contribution in [2.24, 2.45) is 0 Å². The normalized spacial score (nSPS) is 15.9. The van der Waals surface area contributed by atoms with Gasteiger partial charge in [0.05, 0.1) is 0 Å². The average Bonchev–Trinajstić information content (AvgIpc) is 2.95. The lowest BCUT2D eigenvalue weighted by Gasteiger charge is -2.24. The molecule has 3 rings (SSSR count). The summed E-state index contributed by atoms with van der Waals surface area (Å²) in [5.41, 5.74) is 0.756. The largest absolute Gasteiger partial charge is 0.404 e. The van der Waals surface area contributed by atoms with Crippen LogP contribution in [0.3, 0.4) is 0 Å². The van der Waals surface area contributed by atoms with Crippen molar-refractivity contribution >= 4 is 18.2 Å². The maximum Gasteiger partial charge on any atom is 0.318 e. The number of piperazine rings is 1. The van der Waals surface area contributed by atoms with E-state index in [2.05, 4.69) is 15.5 Å². The molecule has 0 unspecified atom stereocenters. The van der Waals surface area contributed by atoms with E-state index in [0.717, 1.165) is 31.7 Å². The minimum Gasteiger partial charge on any atom is -0.404 e. The van der Waals surface area contributed by atoms with Gasteiger partial charge in [0.2, 0.25) is 5.89 Å². The Morgan fingerprint density at radius 3 is 2.85 bits per heavy atom. The van der Waals surface area contributed by atoms with Gasteiger partial charge in [-0.1, -0.05) is 17.2 Å². The van der Waals surface area contributed by atoms with Crippen LogP contribution in [0.2, 0.25) is 0 Å². The number of halogens is 1. The monoisotopic (exact) mass is 274 g/mol. The molecule has 6 heteroatoms. The highest BCUT2D eigenvalue weighted by Crippen LogP contribution is 2.15. The number of hydrogen-bond acceptors (Lipinski definition) is 5. The molecule has 0 spiro atoms. The molecule has 1 fully saturated rings. The summed E-state index contributed by atoms with van der Waals surface area (Å²) in [6.45, 7) is 3.54. The van der Waals surface area contributed by atoms with Crippen molar-refractivity contribution in [3.8, 4) is 0 Å². The summed E-state index contributed by atoms with van der Waals surface area (Å²) in [5.74, 6) is 0.155. The number of anilines is 1. The Kier molecular flexibility index (Phi) is 3.73. The predicted molar refractivity (Wildman–Crippen MR) is 74.7 cm³/mol. The Morgan fingerprint density at radius 2 is 2.05 bits per heavy atom. The molecule has 0 aliphatic carbocycles. The Bertz CT molecular complexity index is 605. The number of hydrogen-bond donors (Lipinski definition) is 1. The van der Waals surface area contributed by atoms with Gasteiger partial charge in [0.1, 0.15) is 5.82 Å². The summed E-state index contributed by atoms with van der Waals surface area (Å²) in [6, 6.07) is 6.86. The smallest absolute Gasteiger partial charge is 0.318 e. The first-order chi connectivity index (χ1) is 9.81. The molecular weight excluding hydrogens is 259 g/mol. The number of nitrogens with zero attached hydrogens (tertiary/aromatic N) is 3. The molecule has 1 saturated heterocycles. The van der Waals surface area contributed by atoms with Crippen molar-refractivity contribution in [3.63, 3.8) is 0 Å². The second-order valence-electron chi connectivity index (χ2n) is 4.55. The zero-order valence-electron chi connectivity index (χ0n) is 10.9. The van der Waals surface area contributed by atoms with E-state index in [1.807, 2.05) is 11.0 Å². The Hall–Kier alpha value is -2.21. The average molecular weight is 274 g/mol. The molecule has 1 N–H and O–H groups in total. The van der Waals surface area contributed by atoms with Gasteiger partial charge >= 0.3 is 6.01 Å². The highest BCUT2D eigenvalue weighted by molar-refractivity contribution is 5.66. The van der Waals surface area contributed by atoms with Crippen LogP contribution in [0.5, 0.6) is 0 Å². The first-order valence-electron chi connectivity index (χ1n) is 6.54. The van der Waals surface area contributed by atoms with Gasteiger partial charge in [-0.3, -0.25) is 0 Å². The van der Waals surface area contributed by atoms with E-state index in [0.29, 0.717) is 11.9 Å². The Morgan fingerprint density at radius 1 is 1.20 bits per heavy atom. The molecule has 0 saturated carbocycles. The van der Waals surface area contributed by atoms with Crippen LogP contribution in [-0.4, -0.2) is 36.4 Å². The number of aromatic nitrogens is 2. The second-order valence-corrected chi connectivity index (χ2v) is 4.55. The van der Waals surface area contributed by atoms with Gasteiger partial charge in [-0.2, -0.15) is 0 Å². The van der Waals surface area contributed by atoms with Crippen molar-refractivity contribution < 1.29 is 8.81 Å². The maximum absolute atomic E-state index is 13.0. The fourth-order valence-corrected chi connectivity index (χ4v) is 2.06. The first kappa shape index (κ1) is 12.8. The van der Waals surface area contributed by atoms with Crippen LogP contribution in [0.4, 0.5) is 10.4 Å². The zero-order valence-corrected chi connectivity index (χ0v) is 10.9. The lowest BCUT2D eigenvalue weighted by molar-refractivity contribution is 0.493. The summed E-state index contributed by atoms with van der Waals surface area (Å²) in [7, 11) is 0. The van der Waals surface area contributed by atoms with Gasteiger partial charge in [0.25, 0.3) is 0 Å². The van der Waals surface area contributed by atoms with Gasteiger partial charge in [0, 0.05) is 32.3 Å². The van der Waals surface area contributed by atoms with Crippen molar-refractivity contribution in [2.75, 3.05) is 31.1 Å². The summed E-state index contributed by atoms with van der Waals surface area (Å²) in [4.78, 5) is 2.04. The number of benzene rings is 1. The van der Waals surface area contributed by atoms with E-state index >= 15 is 0 Å². The molecule has 2 aromatic rings. The summed E-state index contributed by atoms with van der Waals surface area (Å²) >= 11 is 0.